The summed E-state index contributed by atoms with van der Waals surface area (Å²) in [6.07, 6.45) is 0. The number of nitrogens with one attached hydrogen (secondary N) is 2. The molecule has 1 heterocycles. The van der Waals surface area contributed by atoms with Crippen molar-refractivity contribution in [2.45, 2.75) is 5.16 Å². The van der Waals surface area contributed by atoms with E-state index in [1.807, 2.05) is 0 Å². The topological polar surface area (TPSA) is 84.7 Å². The van der Waals surface area contributed by atoms with Crippen LogP contribution in [0.25, 0.3) is 5.69 Å². The summed E-state index contributed by atoms with van der Waals surface area (Å²) in [7, 11) is 0. The molecule has 0 aliphatic rings. The van der Waals surface area contributed by atoms with Crippen molar-refractivity contribution >= 4 is 41.6 Å². The number of carbonyl (C=O) groups excluding carboxylic acids is 1. The van der Waals surface area contributed by atoms with Crippen LogP contribution in [0.5, 0.6) is 0 Å². The zero-order valence-corrected chi connectivity index (χ0v) is 13.3. The van der Waals surface area contributed by atoms with E-state index in [0.29, 0.717) is 27.2 Å². The molecule has 2 aromatic carbocycles. The fourth-order valence-electron chi connectivity index (χ4n) is 1.89. The van der Waals surface area contributed by atoms with Gasteiger partial charge in [-0.1, -0.05) is 17.7 Å². The second kappa shape index (κ2) is 6.67. The first-order valence-corrected chi connectivity index (χ1v) is 7.36. The highest BCUT2D eigenvalue weighted by Crippen LogP contribution is 2.17. The molecular weight excluding hydrogens is 336 g/mol. The molecule has 0 spiro atoms. The summed E-state index contributed by atoms with van der Waals surface area (Å²) in [6, 6.07) is 13.5. The Morgan fingerprint density at radius 3 is 2.52 bits per heavy atom. The number of tetrazole rings is 1. The smallest absolute Gasteiger partial charge is 0.308 e. The van der Waals surface area contributed by atoms with E-state index in [0.717, 1.165) is 0 Å². The molecule has 0 unspecified atom stereocenters. The second-order valence-corrected chi connectivity index (χ2v) is 5.36. The quantitative estimate of drug-likeness (QED) is 0.635. The van der Waals surface area contributed by atoms with Gasteiger partial charge in [-0.05, 0) is 52.9 Å². The van der Waals surface area contributed by atoms with Crippen molar-refractivity contribution in [2.75, 3.05) is 10.6 Å². The van der Waals surface area contributed by atoms with E-state index >= 15 is 0 Å². The maximum atomic E-state index is 12.0. The lowest BCUT2D eigenvalue weighted by Crippen LogP contribution is -2.19. The Bertz CT molecular complexity index is 835. The minimum Gasteiger partial charge on any atom is -0.308 e. The molecule has 116 valence electrons. The first-order valence-electron chi connectivity index (χ1n) is 6.53. The highest BCUT2D eigenvalue weighted by molar-refractivity contribution is 7.80. The van der Waals surface area contributed by atoms with E-state index in [1.165, 1.54) is 4.68 Å². The monoisotopic (exact) mass is 346 g/mol. The van der Waals surface area contributed by atoms with Crippen LogP contribution in [0.15, 0.2) is 53.7 Å². The SMILES string of the molecule is O=C(Nc1ccc(Cl)cc1)Nc1cccc(-n2nnnc2S)c1. The molecule has 0 saturated heterocycles. The van der Waals surface area contributed by atoms with Crippen LogP contribution in [0.2, 0.25) is 5.02 Å². The van der Waals surface area contributed by atoms with Crippen molar-refractivity contribution in [1.29, 1.82) is 0 Å². The number of urea groups is 1. The van der Waals surface area contributed by atoms with Crippen LogP contribution >= 0.6 is 24.2 Å². The first kappa shape index (κ1) is 15.3. The Kier molecular flexibility index (Phi) is 4.45. The summed E-state index contributed by atoms with van der Waals surface area (Å²) in [5.41, 5.74) is 1.92. The number of anilines is 2. The predicted octanol–water partition coefficient (Wildman–Crippen LogP) is 3.25. The van der Waals surface area contributed by atoms with Crippen molar-refractivity contribution in [1.82, 2.24) is 20.2 Å². The molecule has 1 aromatic heterocycles. The fourth-order valence-corrected chi connectivity index (χ4v) is 2.21. The molecule has 2 amide bonds. The maximum absolute atomic E-state index is 12.0. The van der Waals surface area contributed by atoms with Crippen LogP contribution in [0, 0.1) is 0 Å². The molecule has 0 aliphatic carbocycles. The Morgan fingerprint density at radius 2 is 1.83 bits per heavy atom. The van der Waals surface area contributed by atoms with Gasteiger partial charge in [-0.2, -0.15) is 4.68 Å². The van der Waals surface area contributed by atoms with Crippen molar-refractivity contribution in [2.24, 2.45) is 0 Å². The van der Waals surface area contributed by atoms with Gasteiger partial charge in [-0.15, -0.1) is 17.7 Å². The van der Waals surface area contributed by atoms with E-state index in [4.69, 9.17) is 11.6 Å². The van der Waals surface area contributed by atoms with Gasteiger partial charge in [0.1, 0.15) is 0 Å². The minimum absolute atomic E-state index is 0.354. The predicted molar refractivity (Wildman–Crippen MR) is 90.5 cm³/mol. The lowest BCUT2D eigenvalue weighted by molar-refractivity contribution is 0.262. The van der Waals surface area contributed by atoms with Gasteiger partial charge in [0.15, 0.2) is 0 Å². The van der Waals surface area contributed by atoms with E-state index < -0.39 is 0 Å². The van der Waals surface area contributed by atoms with Crippen LogP contribution < -0.4 is 10.6 Å². The molecule has 0 bridgehead atoms. The van der Waals surface area contributed by atoms with E-state index in [2.05, 4.69) is 38.8 Å². The number of thiol groups is 1. The average molecular weight is 347 g/mol. The average Bonchev–Trinajstić information content (AvgIpc) is 2.96. The number of carbonyl (C=O) groups is 1. The van der Waals surface area contributed by atoms with Gasteiger partial charge >= 0.3 is 6.03 Å². The van der Waals surface area contributed by atoms with E-state index in [1.54, 1.807) is 48.5 Å². The summed E-state index contributed by atoms with van der Waals surface area (Å²) >= 11 is 9.96. The third-order valence-corrected chi connectivity index (χ3v) is 3.43. The lowest BCUT2D eigenvalue weighted by Gasteiger charge is -2.09. The second-order valence-electron chi connectivity index (χ2n) is 4.53. The maximum Gasteiger partial charge on any atom is 0.323 e. The Balaban J connectivity index is 1.71. The number of rotatable bonds is 3. The van der Waals surface area contributed by atoms with E-state index in [-0.39, 0.29) is 6.03 Å². The molecule has 0 radical (unpaired) electrons. The van der Waals surface area contributed by atoms with Gasteiger partial charge in [-0.3, -0.25) is 0 Å². The summed E-state index contributed by atoms with van der Waals surface area (Å²) in [4.78, 5) is 12.0. The highest BCUT2D eigenvalue weighted by Gasteiger charge is 2.07. The van der Waals surface area contributed by atoms with Crippen molar-refractivity contribution < 1.29 is 4.79 Å². The summed E-state index contributed by atoms with van der Waals surface area (Å²) < 4.78 is 1.45. The number of halogens is 1. The molecule has 0 fully saturated rings. The molecule has 3 aromatic rings. The Morgan fingerprint density at radius 1 is 1.09 bits per heavy atom. The van der Waals surface area contributed by atoms with E-state index in [9.17, 15) is 4.79 Å². The molecule has 7 nitrogen and oxygen atoms in total. The largest absolute Gasteiger partial charge is 0.323 e. The number of nitrogens with zero attached hydrogens (tertiary/aromatic N) is 4. The minimum atomic E-state index is -0.368. The third kappa shape index (κ3) is 3.79. The molecule has 0 saturated carbocycles. The number of benzene rings is 2. The van der Waals surface area contributed by atoms with Gasteiger partial charge in [0.25, 0.3) is 0 Å². The molecule has 23 heavy (non-hydrogen) atoms. The molecular formula is C14H11ClN6OS. The van der Waals surface area contributed by atoms with Crippen molar-refractivity contribution in [3.63, 3.8) is 0 Å². The number of hydrogen-bond acceptors (Lipinski definition) is 5. The van der Waals surface area contributed by atoms with Gasteiger partial charge in [-0.25, -0.2) is 4.79 Å². The third-order valence-electron chi connectivity index (χ3n) is 2.90. The summed E-state index contributed by atoms with van der Waals surface area (Å²) in [5, 5.41) is 17.5. The molecule has 2 N–H and O–H groups in total. The number of aromatic nitrogens is 4. The number of hydrogen-bond donors (Lipinski definition) is 3. The van der Waals surface area contributed by atoms with Crippen LogP contribution in [-0.4, -0.2) is 26.2 Å². The van der Waals surface area contributed by atoms with Crippen LogP contribution in [-0.2, 0) is 0 Å². The van der Waals surface area contributed by atoms with Gasteiger partial charge < -0.3 is 10.6 Å². The molecule has 9 heteroatoms. The molecule has 3 rings (SSSR count). The van der Waals surface area contributed by atoms with Crippen LogP contribution in [0.1, 0.15) is 0 Å². The summed E-state index contributed by atoms with van der Waals surface area (Å²) in [5.74, 6) is 0. The van der Waals surface area contributed by atoms with Crippen LogP contribution in [0.3, 0.4) is 0 Å². The van der Waals surface area contributed by atoms with Crippen LogP contribution in [0.4, 0.5) is 16.2 Å². The summed E-state index contributed by atoms with van der Waals surface area (Å²) in [6.45, 7) is 0. The van der Waals surface area contributed by atoms with Gasteiger partial charge in [0.2, 0.25) is 5.16 Å². The van der Waals surface area contributed by atoms with Crippen molar-refractivity contribution in [3.05, 3.63) is 53.6 Å². The Hall–Kier alpha value is -2.58. The van der Waals surface area contributed by atoms with Crippen molar-refractivity contribution in [3.8, 4) is 5.69 Å². The molecule has 0 atom stereocenters. The lowest BCUT2D eigenvalue weighted by atomic mass is 10.3. The normalized spacial score (nSPS) is 10.3. The zero-order valence-electron chi connectivity index (χ0n) is 11.6. The highest BCUT2D eigenvalue weighted by atomic mass is 35.5. The molecule has 0 aliphatic heterocycles. The zero-order chi connectivity index (χ0) is 16.2. The fraction of sp³-hybridized carbons (Fsp3) is 0. The standard InChI is InChI=1S/C14H11ClN6OS/c15-9-4-6-10(7-5-9)16-13(22)17-11-2-1-3-12(8-11)21-14(23)18-19-20-21/h1-8H,(H2,16,17,22)(H,18,20,23). The van der Waals surface area contributed by atoms with Gasteiger partial charge in [0.05, 0.1) is 5.69 Å². The van der Waals surface area contributed by atoms with Gasteiger partial charge in [0, 0.05) is 16.4 Å². The number of amides is 2. The first-order chi connectivity index (χ1) is 11.1. The Labute approximate surface area is 142 Å².